The molecule has 3 heterocycles. The highest BCUT2D eigenvalue weighted by Gasteiger charge is 2.41. The minimum Gasteiger partial charge on any atom is -0.345 e. The molecule has 4 rings (SSSR count). The molecule has 0 saturated carbocycles. The Kier molecular flexibility index (Phi) is 4.49. The molecule has 2 N–H and O–H groups in total. The molecule has 1 aromatic carbocycles. The van der Waals surface area contributed by atoms with Crippen LogP contribution in [0.5, 0.6) is 0 Å². The average molecular weight is 352 g/mol. The predicted molar refractivity (Wildman–Crippen MR) is 93.9 cm³/mol. The molecule has 8 heteroatoms. The maximum atomic E-state index is 13.0. The molecule has 0 atom stereocenters. The Balaban J connectivity index is 1.47. The Bertz CT molecular complexity index is 853. The number of amides is 1. The Morgan fingerprint density at radius 3 is 2.77 bits per heavy atom. The molecule has 134 valence electrons. The molecule has 26 heavy (non-hydrogen) atoms. The summed E-state index contributed by atoms with van der Waals surface area (Å²) in [5, 5.41) is 14.5. The molecule has 0 aliphatic carbocycles. The Morgan fingerprint density at radius 2 is 2.04 bits per heavy atom. The molecule has 0 radical (unpaired) electrons. The van der Waals surface area contributed by atoms with Crippen LogP contribution in [0.3, 0.4) is 0 Å². The maximum Gasteiger partial charge on any atom is 0.248 e. The van der Waals surface area contributed by atoms with E-state index in [1.807, 2.05) is 42.6 Å². The largest absolute Gasteiger partial charge is 0.345 e. The zero-order valence-corrected chi connectivity index (χ0v) is 14.3. The summed E-state index contributed by atoms with van der Waals surface area (Å²) < 4.78 is 7.03. The lowest BCUT2D eigenvalue weighted by Crippen LogP contribution is -2.54. The van der Waals surface area contributed by atoms with Crippen LogP contribution in [-0.4, -0.2) is 38.9 Å². The van der Waals surface area contributed by atoms with Gasteiger partial charge in [0.05, 0.1) is 6.54 Å². The summed E-state index contributed by atoms with van der Waals surface area (Å²) >= 11 is 0. The van der Waals surface area contributed by atoms with Crippen molar-refractivity contribution in [3.63, 3.8) is 0 Å². The molecule has 3 aromatic rings. The van der Waals surface area contributed by atoms with Crippen LogP contribution < -0.4 is 10.6 Å². The Labute approximate surface area is 150 Å². The van der Waals surface area contributed by atoms with Gasteiger partial charge in [0.25, 0.3) is 0 Å². The molecule has 1 fully saturated rings. The van der Waals surface area contributed by atoms with E-state index in [4.69, 9.17) is 4.52 Å². The third-order valence-corrected chi connectivity index (χ3v) is 4.70. The van der Waals surface area contributed by atoms with E-state index in [2.05, 4.69) is 25.9 Å². The molecule has 0 unspecified atom stereocenters. The average Bonchev–Trinajstić information content (AvgIpc) is 3.39. The zero-order valence-electron chi connectivity index (χ0n) is 14.3. The first kappa shape index (κ1) is 16.5. The standard InChI is InChI=1S/C18H20N6O2/c25-17(18(7-10-19-11-8-18)24-12-4-9-21-24)20-13-15-22-16(23-26-15)14-5-2-1-3-6-14/h1-6,9,12,19H,7-8,10-11,13H2,(H,20,25). The lowest BCUT2D eigenvalue weighted by Gasteiger charge is -2.36. The summed E-state index contributed by atoms with van der Waals surface area (Å²) in [4.78, 5) is 17.3. The smallest absolute Gasteiger partial charge is 0.248 e. The van der Waals surface area contributed by atoms with Crippen LogP contribution in [0.25, 0.3) is 11.4 Å². The molecule has 2 aromatic heterocycles. The Morgan fingerprint density at radius 1 is 1.23 bits per heavy atom. The predicted octanol–water partition coefficient (Wildman–Crippen LogP) is 1.33. The number of aromatic nitrogens is 4. The van der Waals surface area contributed by atoms with Gasteiger partial charge < -0.3 is 15.2 Å². The summed E-state index contributed by atoms with van der Waals surface area (Å²) in [5.41, 5.74) is 0.192. The van der Waals surface area contributed by atoms with Crippen molar-refractivity contribution < 1.29 is 9.32 Å². The summed E-state index contributed by atoms with van der Waals surface area (Å²) in [5.74, 6) is 0.808. The highest BCUT2D eigenvalue weighted by molar-refractivity contribution is 5.84. The normalized spacial score (nSPS) is 16.3. The van der Waals surface area contributed by atoms with Crippen molar-refractivity contribution in [2.45, 2.75) is 24.9 Å². The number of rotatable bonds is 5. The molecule has 8 nitrogen and oxygen atoms in total. The summed E-state index contributed by atoms with van der Waals surface area (Å²) in [6.07, 6.45) is 4.89. The van der Waals surface area contributed by atoms with Crippen molar-refractivity contribution >= 4 is 5.91 Å². The Hall–Kier alpha value is -3.00. The topological polar surface area (TPSA) is 97.9 Å². The molecule has 1 aliphatic rings. The first-order valence-electron chi connectivity index (χ1n) is 8.65. The van der Waals surface area contributed by atoms with Crippen LogP contribution in [0.2, 0.25) is 0 Å². The fourth-order valence-corrected chi connectivity index (χ4v) is 3.27. The highest BCUT2D eigenvalue weighted by atomic mass is 16.5. The van der Waals surface area contributed by atoms with Gasteiger partial charge in [0.1, 0.15) is 5.54 Å². The van der Waals surface area contributed by atoms with Gasteiger partial charge in [-0.2, -0.15) is 10.1 Å². The van der Waals surface area contributed by atoms with E-state index >= 15 is 0 Å². The van der Waals surface area contributed by atoms with Gasteiger partial charge >= 0.3 is 0 Å². The molecule has 1 aliphatic heterocycles. The van der Waals surface area contributed by atoms with E-state index in [0.717, 1.165) is 18.7 Å². The molecular weight excluding hydrogens is 332 g/mol. The second-order valence-electron chi connectivity index (χ2n) is 6.29. The molecule has 0 spiro atoms. The van der Waals surface area contributed by atoms with Crippen molar-refractivity contribution in [1.82, 2.24) is 30.6 Å². The number of nitrogens with zero attached hydrogens (tertiary/aromatic N) is 4. The third-order valence-electron chi connectivity index (χ3n) is 4.70. The van der Waals surface area contributed by atoms with E-state index in [0.29, 0.717) is 24.6 Å². The molecular formula is C18H20N6O2. The van der Waals surface area contributed by atoms with Crippen molar-refractivity contribution in [2.24, 2.45) is 0 Å². The minimum absolute atomic E-state index is 0.0813. The van der Waals surface area contributed by atoms with E-state index in [-0.39, 0.29) is 12.5 Å². The lowest BCUT2D eigenvalue weighted by molar-refractivity contribution is -0.132. The van der Waals surface area contributed by atoms with Crippen LogP contribution in [0.15, 0.2) is 53.3 Å². The van der Waals surface area contributed by atoms with Gasteiger partial charge in [-0.1, -0.05) is 35.5 Å². The molecule has 1 saturated heterocycles. The summed E-state index contributed by atoms with van der Waals surface area (Å²) in [6.45, 7) is 1.73. The van der Waals surface area contributed by atoms with E-state index in [1.165, 1.54) is 0 Å². The van der Waals surface area contributed by atoms with Crippen molar-refractivity contribution in [1.29, 1.82) is 0 Å². The van der Waals surface area contributed by atoms with E-state index in [1.54, 1.807) is 10.9 Å². The number of hydrogen-bond acceptors (Lipinski definition) is 6. The number of piperidine rings is 1. The lowest BCUT2D eigenvalue weighted by atomic mass is 9.87. The van der Waals surface area contributed by atoms with Crippen molar-refractivity contribution in [3.05, 3.63) is 54.7 Å². The van der Waals surface area contributed by atoms with Crippen LogP contribution in [0, 0.1) is 0 Å². The van der Waals surface area contributed by atoms with Gasteiger partial charge in [-0.15, -0.1) is 0 Å². The van der Waals surface area contributed by atoms with Gasteiger partial charge in [-0.05, 0) is 32.0 Å². The van der Waals surface area contributed by atoms with E-state index in [9.17, 15) is 4.79 Å². The number of nitrogens with one attached hydrogen (secondary N) is 2. The first-order valence-corrected chi connectivity index (χ1v) is 8.65. The molecule has 0 bridgehead atoms. The number of carbonyl (C=O) groups is 1. The van der Waals surface area contributed by atoms with Gasteiger partial charge in [0.2, 0.25) is 17.6 Å². The van der Waals surface area contributed by atoms with Gasteiger partial charge in [-0.25, -0.2) is 0 Å². The third kappa shape index (κ3) is 3.11. The monoisotopic (exact) mass is 352 g/mol. The quantitative estimate of drug-likeness (QED) is 0.719. The van der Waals surface area contributed by atoms with E-state index < -0.39 is 5.54 Å². The molecule has 1 amide bonds. The SMILES string of the molecule is O=C(NCc1nc(-c2ccccc2)no1)C1(n2cccn2)CCNCC1. The summed E-state index contributed by atoms with van der Waals surface area (Å²) in [7, 11) is 0. The van der Waals surface area contributed by atoms with Crippen LogP contribution >= 0.6 is 0 Å². The highest BCUT2D eigenvalue weighted by Crippen LogP contribution is 2.27. The van der Waals surface area contributed by atoms with Crippen molar-refractivity contribution in [2.75, 3.05) is 13.1 Å². The number of carbonyl (C=O) groups excluding carboxylic acids is 1. The van der Waals surface area contributed by atoms with Crippen LogP contribution in [0.1, 0.15) is 18.7 Å². The first-order chi connectivity index (χ1) is 12.8. The minimum atomic E-state index is -0.684. The maximum absolute atomic E-state index is 13.0. The summed E-state index contributed by atoms with van der Waals surface area (Å²) in [6, 6.07) is 11.4. The van der Waals surface area contributed by atoms with Gasteiger partial charge in [0, 0.05) is 18.0 Å². The fraction of sp³-hybridized carbons (Fsp3) is 0.333. The van der Waals surface area contributed by atoms with Crippen LogP contribution in [-0.2, 0) is 16.9 Å². The number of benzene rings is 1. The van der Waals surface area contributed by atoms with Crippen molar-refractivity contribution in [3.8, 4) is 11.4 Å². The van der Waals surface area contributed by atoms with Crippen LogP contribution in [0.4, 0.5) is 0 Å². The van der Waals surface area contributed by atoms with Gasteiger partial charge in [0.15, 0.2) is 0 Å². The zero-order chi connectivity index (χ0) is 17.8. The fourth-order valence-electron chi connectivity index (χ4n) is 3.27. The number of hydrogen-bond donors (Lipinski definition) is 2. The second-order valence-corrected chi connectivity index (χ2v) is 6.29. The second kappa shape index (κ2) is 7.09. The van der Waals surface area contributed by atoms with Gasteiger partial charge in [-0.3, -0.25) is 9.48 Å².